The molecule has 1 aromatic heterocycles. The summed E-state index contributed by atoms with van der Waals surface area (Å²) in [6.07, 6.45) is 1.91. The van der Waals surface area contributed by atoms with E-state index in [0.29, 0.717) is 24.5 Å². The van der Waals surface area contributed by atoms with Crippen molar-refractivity contribution in [3.05, 3.63) is 35.9 Å². The van der Waals surface area contributed by atoms with Crippen LogP contribution in [0.1, 0.15) is 25.3 Å². The summed E-state index contributed by atoms with van der Waals surface area (Å²) in [6.45, 7) is 5.37. The SMILES string of the molecule is CCCOc1nc(NC)nc(NCCCN(C)Cc2ccccc2)n1. The number of ether oxygens (including phenoxy) is 1. The van der Waals surface area contributed by atoms with Crippen LogP contribution in [0.15, 0.2) is 30.3 Å². The number of hydrogen-bond donors (Lipinski definition) is 2. The summed E-state index contributed by atoms with van der Waals surface area (Å²) in [6, 6.07) is 10.8. The molecule has 2 N–H and O–H groups in total. The summed E-state index contributed by atoms with van der Waals surface area (Å²) in [7, 11) is 3.91. The Labute approximate surface area is 149 Å². The minimum Gasteiger partial charge on any atom is -0.463 e. The Morgan fingerprint density at radius 3 is 2.56 bits per heavy atom. The number of anilines is 2. The van der Waals surface area contributed by atoms with Gasteiger partial charge in [-0.25, -0.2) is 0 Å². The highest BCUT2D eigenvalue weighted by Gasteiger charge is 2.06. The molecule has 0 bridgehead atoms. The van der Waals surface area contributed by atoms with Gasteiger partial charge in [-0.15, -0.1) is 0 Å². The molecule has 0 aliphatic carbocycles. The quantitative estimate of drug-likeness (QED) is 0.607. The molecule has 0 fully saturated rings. The molecule has 0 aliphatic heterocycles. The van der Waals surface area contributed by atoms with Crippen LogP contribution in [0.25, 0.3) is 0 Å². The highest BCUT2D eigenvalue weighted by Crippen LogP contribution is 2.11. The van der Waals surface area contributed by atoms with Crippen molar-refractivity contribution in [1.29, 1.82) is 0 Å². The first-order chi connectivity index (χ1) is 12.2. The Morgan fingerprint density at radius 1 is 1.08 bits per heavy atom. The molecule has 1 heterocycles. The van der Waals surface area contributed by atoms with E-state index in [9.17, 15) is 0 Å². The van der Waals surface area contributed by atoms with Crippen LogP contribution in [0.3, 0.4) is 0 Å². The third-order valence-corrected chi connectivity index (χ3v) is 3.57. The fourth-order valence-electron chi connectivity index (χ4n) is 2.33. The lowest BCUT2D eigenvalue weighted by Crippen LogP contribution is -2.21. The van der Waals surface area contributed by atoms with E-state index in [1.807, 2.05) is 13.0 Å². The van der Waals surface area contributed by atoms with Crippen LogP contribution >= 0.6 is 0 Å². The van der Waals surface area contributed by atoms with Crippen LogP contribution in [0.2, 0.25) is 0 Å². The Hall–Kier alpha value is -2.41. The maximum atomic E-state index is 5.50. The Bertz CT molecular complexity index is 622. The first kappa shape index (κ1) is 18.9. The summed E-state index contributed by atoms with van der Waals surface area (Å²) in [4.78, 5) is 15.1. The largest absolute Gasteiger partial charge is 0.463 e. The molecule has 136 valence electrons. The topological polar surface area (TPSA) is 75.2 Å². The molecule has 0 unspecified atom stereocenters. The van der Waals surface area contributed by atoms with Gasteiger partial charge >= 0.3 is 6.01 Å². The van der Waals surface area contributed by atoms with Crippen LogP contribution < -0.4 is 15.4 Å². The van der Waals surface area contributed by atoms with Crippen molar-refractivity contribution in [2.75, 3.05) is 44.4 Å². The van der Waals surface area contributed by atoms with Gasteiger partial charge in [-0.1, -0.05) is 37.3 Å². The molecule has 25 heavy (non-hydrogen) atoms. The minimum absolute atomic E-state index is 0.352. The predicted octanol–water partition coefficient (Wildman–Crippen LogP) is 2.64. The molecule has 0 saturated heterocycles. The lowest BCUT2D eigenvalue weighted by Gasteiger charge is -2.16. The zero-order valence-electron chi connectivity index (χ0n) is 15.3. The highest BCUT2D eigenvalue weighted by atomic mass is 16.5. The number of aromatic nitrogens is 3. The van der Waals surface area contributed by atoms with E-state index in [4.69, 9.17) is 4.74 Å². The van der Waals surface area contributed by atoms with Gasteiger partial charge in [-0.2, -0.15) is 15.0 Å². The van der Waals surface area contributed by atoms with Gasteiger partial charge in [-0.05, 0) is 32.0 Å². The third kappa shape index (κ3) is 6.93. The number of nitrogens with one attached hydrogen (secondary N) is 2. The van der Waals surface area contributed by atoms with Crippen molar-refractivity contribution in [2.45, 2.75) is 26.3 Å². The summed E-state index contributed by atoms with van der Waals surface area (Å²) in [5.74, 6) is 1.04. The van der Waals surface area contributed by atoms with Crippen LogP contribution in [0.4, 0.5) is 11.9 Å². The lowest BCUT2D eigenvalue weighted by molar-refractivity contribution is 0.292. The Balaban J connectivity index is 1.76. The molecule has 7 nitrogen and oxygen atoms in total. The van der Waals surface area contributed by atoms with E-state index in [2.05, 4.69) is 61.8 Å². The van der Waals surface area contributed by atoms with Gasteiger partial charge in [0.25, 0.3) is 0 Å². The standard InChI is InChI=1S/C18H28N6O/c1-4-13-25-18-22-16(19-2)21-17(23-18)20-11-8-12-24(3)14-15-9-6-5-7-10-15/h5-7,9-10H,4,8,11-14H2,1-3H3,(H2,19,20,21,22,23). The lowest BCUT2D eigenvalue weighted by atomic mass is 10.2. The minimum atomic E-state index is 0.352. The van der Waals surface area contributed by atoms with Crippen molar-refractivity contribution in [2.24, 2.45) is 0 Å². The van der Waals surface area contributed by atoms with Gasteiger partial charge in [0.1, 0.15) is 0 Å². The van der Waals surface area contributed by atoms with Gasteiger partial charge < -0.3 is 20.3 Å². The van der Waals surface area contributed by atoms with Crippen molar-refractivity contribution in [1.82, 2.24) is 19.9 Å². The van der Waals surface area contributed by atoms with E-state index < -0.39 is 0 Å². The van der Waals surface area contributed by atoms with Gasteiger partial charge in [0.2, 0.25) is 11.9 Å². The monoisotopic (exact) mass is 344 g/mol. The van der Waals surface area contributed by atoms with Crippen LogP contribution in [-0.4, -0.2) is 53.6 Å². The van der Waals surface area contributed by atoms with E-state index in [1.165, 1.54) is 5.56 Å². The fraction of sp³-hybridized carbons (Fsp3) is 0.500. The Morgan fingerprint density at radius 2 is 1.84 bits per heavy atom. The molecule has 0 atom stereocenters. The first-order valence-corrected chi connectivity index (χ1v) is 8.74. The molecule has 2 rings (SSSR count). The smallest absolute Gasteiger partial charge is 0.323 e. The zero-order chi connectivity index (χ0) is 17.9. The van der Waals surface area contributed by atoms with E-state index in [0.717, 1.165) is 32.5 Å². The maximum absolute atomic E-state index is 5.50. The van der Waals surface area contributed by atoms with Crippen molar-refractivity contribution in [3.63, 3.8) is 0 Å². The second-order valence-electron chi connectivity index (χ2n) is 5.87. The molecular formula is C18H28N6O. The molecule has 0 saturated carbocycles. The normalized spacial score (nSPS) is 10.7. The molecule has 0 amide bonds. The van der Waals surface area contributed by atoms with Crippen molar-refractivity contribution < 1.29 is 4.74 Å². The van der Waals surface area contributed by atoms with Gasteiger partial charge in [0.15, 0.2) is 0 Å². The third-order valence-electron chi connectivity index (χ3n) is 3.57. The molecule has 0 aliphatic rings. The van der Waals surface area contributed by atoms with E-state index in [-0.39, 0.29) is 0 Å². The molecule has 0 spiro atoms. The van der Waals surface area contributed by atoms with Crippen molar-refractivity contribution in [3.8, 4) is 6.01 Å². The van der Waals surface area contributed by atoms with E-state index >= 15 is 0 Å². The van der Waals surface area contributed by atoms with Gasteiger partial charge in [0.05, 0.1) is 6.61 Å². The second-order valence-corrected chi connectivity index (χ2v) is 5.87. The van der Waals surface area contributed by atoms with Crippen LogP contribution in [-0.2, 0) is 6.54 Å². The maximum Gasteiger partial charge on any atom is 0.323 e. The summed E-state index contributed by atoms with van der Waals surface area (Å²) in [5, 5.41) is 6.18. The molecule has 2 aromatic rings. The van der Waals surface area contributed by atoms with Crippen molar-refractivity contribution >= 4 is 11.9 Å². The number of nitrogens with zero attached hydrogens (tertiary/aromatic N) is 4. The molecule has 7 heteroatoms. The first-order valence-electron chi connectivity index (χ1n) is 8.74. The second kappa shape index (κ2) is 10.5. The van der Waals surface area contributed by atoms with Crippen LogP contribution in [0.5, 0.6) is 6.01 Å². The number of hydrogen-bond acceptors (Lipinski definition) is 7. The average molecular weight is 344 g/mol. The molecule has 0 radical (unpaired) electrons. The fourth-order valence-corrected chi connectivity index (χ4v) is 2.33. The summed E-state index contributed by atoms with van der Waals surface area (Å²) in [5.41, 5.74) is 1.33. The zero-order valence-corrected chi connectivity index (χ0v) is 15.3. The van der Waals surface area contributed by atoms with Crippen LogP contribution in [0, 0.1) is 0 Å². The van der Waals surface area contributed by atoms with Gasteiger partial charge in [0, 0.05) is 20.1 Å². The average Bonchev–Trinajstić information content (AvgIpc) is 2.64. The number of rotatable bonds is 11. The van der Waals surface area contributed by atoms with E-state index in [1.54, 1.807) is 7.05 Å². The molecular weight excluding hydrogens is 316 g/mol. The number of benzene rings is 1. The summed E-state index contributed by atoms with van der Waals surface area (Å²) >= 11 is 0. The molecule has 1 aromatic carbocycles. The Kier molecular flexibility index (Phi) is 7.91. The predicted molar refractivity (Wildman–Crippen MR) is 101 cm³/mol. The summed E-state index contributed by atoms with van der Waals surface area (Å²) < 4.78 is 5.50. The highest BCUT2D eigenvalue weighted by molar-refractivity contribution is 5.35. The van der Waals surface area contributed by atoms with Gasteiger partial charge in [-0.3, -0.25) is 0 Å².